The molecule has 0 saturated carbocycles. The van der Waals surface area contributed by atoms with Crippen LogP contribution >= 0.6 is 0 Å². The van der Waals surface area contributed by atoms with Crippen LogP contribution in [0, 0.1) is 19.7 Å². The second-order valence-corrected chi connectivity index (χ2v) is 4.50. The number of benzene rings is 2. The highest BCUT2D eigenvalue weighted by molar-refractivity contribution is 5.58. The zero-order valence-electron chi connectivity index (χ0n) is 11.5. The second kappa shape index (κ2) is 5.95. The monoisotopic (exact) mass is 297 g/mol. The molecule has 2 aromatic rings. The van der Waals surface area contributed by atoms with Crippen LogP contribution in [-0.4, -0.2) is 6.61 Å². The molecule has 0 aliphatic heterocycles. The lowest BCUT2D eigenvalue weighted by atomic mass is 10.1. The summed E-state index contributed by atoms with van der Waals surface area (Å²) < 4.78 is 47.6. The van der Waals surface area contributed by atoms with Gasteiger partial charge in [0.1, 0.15) is 5.75 Å². The van der Waals surface area contributed by atoms with Gasteiger partial charge in [0, 0.05) is 12.1 Å². The van der Waals surface area contributed by atoms with Gasteiger partial charge in [0.15, 0.2) is 17.3 Å². The minimum atomic E-state index is -3.13. The summed E-state index contributed by atoms with van der Waals surface area (Å²) in [4.78, 5) is 0. The summed E-state index contributed by atoms with van der Waals surface area (Å²) in [6.07, 6.45) is 0. The number of halogens is 3. The number of nitrogen functional groups attached to an aromatic ring is 1. The first-order valence-electron chi connectivity index (χ1n) is 6.16. The van der Waals surface area contributed by atoms with E-state index in [1.807, 2.05) is 19.9 Å². The fourth-order valence-corrected chi connectivity index (χ4v) is 1.78. The molecule has 0 radical (unpaired) electrons. The predicted octanol–water partition coefficient (Wildman–Crippen LogP) is 4.42. The maximum atomic E-state index is 13.5. The fourth-order valence-electron chi connectivity index (χ4n) is 1.78. The molecule has 0 bridgehead atoms. The van der Waals surface area contributed by atoms with E-state index in [0.29, 0.717) is 5.75 Å². The third-order valence-electron chi connectivity index (χ3n) is 3.06. The molecule has 6 heteroatoms. The normalized spacial score (nSPS) is 10.8. The van der Waals surface area contributed by atoms with Gasteiger partial charge in [-0.1, -0.05) is 12.1 Å². The molecule has 0 heterocycles. The third-order valence-corrected chi connectivity index (χ3v) is 3.06. The van der Waals surface area contributed by atoms with E-state index >= 15 is 0 Å². The molecule has 0 unspecified atom stereocenters. The molecule has 0 amide bonds. The zero-order chi connectivity index (χ0) is 15.6. The summed E-state index contributed by atoms with van der Waals surface area (Å²) in [7, 11) is 0. The molecular formula is C15H14F3NO2. The van der Waals surface area contributed by atoms with Crippen molar-refractivity contribution >= 4 is 5.69 Å². The molecule has 0 aromatic heterocycles. The van der Waals surface area contributed by atoms with Gasteiger partial charge in [-0.2, -0.15) is 8.78 Å². The maximum Gasteiger partial charge on any atom is 0.387 e. The Morgan fingerprint density at radius 3 is 2.43 bits per heavy atom. The SMILES string of the molecule is Cc1cccc(Oc2cc(OC(F)F)c(F)cc2N)c1C. The first-order valence-corrected chi connectivity index (χ1v) is 6.16. The highest BCUT2D eigenvalue weighted by Gasteiger charge is 2.15. The van der Waals surface area contributed by atoms with Crippen LogP contribution in [-0.2, 0) is 0 Å². The van der Waals surface area contributed by atoms with Gasteiger partial charge in [0.2, 0.25) is 0 Å². The smallest absolute Gasteiger partial charge is 0.387 e. The Bertz CT molecular complexity index is 660. The fraction of sp³-hybridized carbons (Fsp3) is 0.200. The Labute approximate surface area is 120 Å². The van der Waals surface area contributed by atoms with Crippen molar-refractivity contribution in [1.29, 1.82) is 0 Å². The number of ether oxygens (including phenoxy) is 2. The van der Waals surface area contributed by atoms with Crippen LogP contribution in [0.25, 0.3) is 0 Å². The summed E-state index contributed by atoms with van der Waals surface area (Å²) in [5.41, 5.74) is 7.51. The lowest BCUT2D eigenvalue weighted by Gasteiger charge is -2.14. The van der Waals surface area contributed by atoms with Crippen LogP contribution in [0.3, 0.4) is 0 Å². The van der Waals surface area contributed by atoms with Gasteiger partial charge >= 0.3 is 6.61 Å². The van der Waals surface area contributed by atoms with E-state index in [0.717, 1.165) is 23.3 Å². The molecule has 0 atom stereocenters. The average Bonchev–Trinajstić information content (AvgIpc) is 2.40. The highest BCUT2D eigenvalue weighted by Crippen LogP contribution is 2.35. The van der Waals surface area contributed by atoms with Gasteiger partial charge < -0.3 is 15.2 Å². The van der Waals surface area contributed by atoms with Crippen molar-refractivity contribution in [3.05, 3.63) is 47.3 Å². The summed E-state index contributed by atoms with van der Waals surface area (Å²) in [6, 6.07) is 7.30. The highest BCUT2D eigenvalue weighted by atomic mass is 19.3. The number of anilines is 1. The van der Waals surface area contributed by atoms with Gasteiger partial charge in [0.05, 0.1) is 5.69 Å². The molecule has 112 valence electrons. The number of hydrogen-bond donors (Lipinski definition) is 1. The van der Waals surface area contributed by atoms with E-state index in [-0.39, 0.29) is 11.4 Å². The molecule has 2 N–H and O–H groups in total. The predicted molar refractivity (Wildman–Crippen MR) is 73.4 cm³/mol. The zero-order valence-corrected chi connectivity index (χ0v) is 11.5. The standard InChI is InChI=1S/C15H14F3NO2/c1-8-4-3-5-12(9(8)2)20-14-7-13(21-15(17)18)10(16)6-11(14)19/h3-7,15H,19H2,1-2H3. The Balaban J connectivity index is 2.37. The molecule has 0 aliphatic carbocycles. The Morgan fingerprint density at radius 2 is 1.76 bits per heavy atom. The Morgan fingerprint density at radius 1 is 1.05 bits per heavy atom. The van der Waals surface area contributed by atoms with Crippen molar-refractivity contribution in [2.75, 3.05) is 5.73 Å². The third kappa shape index (κ3) is 3.39. The first kappa shape index (κ1) is 15.0. The summed E-state index contributed by atoms with van der Waals surface area (Å²) >= 11 is 0. The van der Waals surface area contributed by atoms with Gasteiger partial charge in [-0.25, -0.2) is 4.39 Å². The van der Waals surface area contributed by atoms with Crippen molar-refractivity contribution in [2.24, 2.45) is 0 Å². The Kier molecular flexibility index (Phi) is 4.26. The lowest BCUT2D eigenvalue weighted by Crippen LogP contribution is -2.05. The molecule has 0 spiro atoms. The summed E-state index contributed by atoms with van der Waals surface area (Å²) in [5.74, 6) is -1.02. The van der Waals surface area contributed by atoms with Crippen LogP contribution in [0.5, 0.6) is 17.2 Å². The van der Waals surface area contributed by atoms with Gasteiger partial charge in [-0.05, 0) is 31.0 Å². The van der Waals surface area contributed by atoms with Crippen LogP contribution in [0.2, 0.25) is 0 Å². The number of aryl methyl sites for hydroxylation is 1. The van der Waals surface area contributed by atoms with Gasteiger partial charge in [0.25, 0.3) is 0 Å². The van der Waals surface area contributed by atoms with Crippen molar-refractivity contribution in [3.63, 3.8) is 0 Å². The quantitative estimate of drug-likeness (QED) is 0.850. The van der Waals surface area contributed by atoms with Crippen LogP contribution < -0.4 is 15.2 Å². The first-order chi connectivity index (χ1) is 9.88. The molecule has 0 aliphatic rings. The maximum absolute atomic E-state index is 13.5. The van der Waals surface area contributed by atoms with E-state index < -0.39 is 18.2 Å². The topological polar surface area (TPSA) is 44.5 Å². The molecular weight excluding hydrogens is 283 g/mol. The molecule has 0 saturated heterocycles. The van der Waals surface area contributed by atoms with E-state index in [4.69, 9.17) is 10.5 Å². The largest absolute Gasteiger partial charge is 0.455 e. The van der Waals surface area contributed by atoms with E-state index in [2.05, 4.69) is 4.74 Å². The number of nitrogens with two attached hydrogens (primary N) is 1. The van der Waals surface area contributed by atoms with Gasteiger partial charge in [-0.15, -0.1) is 0 Å². The molecule has 2 rings (SSSR count). The molecule has 2 aromatic carbocycles. The Hall–Kier alpha value is -2.37. The van der Waals surface area contributed by atoms with Crippen molar-refractivity contribution < 1.29 is 22.6 Å². The van der Waals surface area contributed by atoms with Crippen molar-refractivity contribution in [1.82, 2.24) is 0 Å². The molecule has 21 heavy (non-hydrogen) atoms. The van der Waals surface area contributed by atoms with Crippen LogP contribution in [0.15, 0.2) is 30.3 Å². The number of rotatable bonds is 4. The minimum absolute atomic E-state index is 0.00461. The van der Waals surface area contributed by atoms with Crippen molar-refractivity contribution in [3.8, 4) is 17.2 Å². The van der Waals surface area contributed by atoms with Crippen molar-refractivity contribution in [2.45, 2.75) is 20.5 Å². The van der Waals surface area contributed by atoms with Gasteiger partial charge in [-0.3, -0.25) is 0 Å². The summed E-state index contributed by atoms with van der Waals surface area (Å²) in [6.45, 7) is 0.624. The molecule has 0 fully saturated rings. The average molecular weight is 297 g/mol. The van der Waals surface area contributed by atoms with E-state index in [1.165, 1.54) is 0 Å². The van der Waals surface area contributed by atoms with Crippen LogP contribution in [0.4, 0.5) is 18.9 Å². The van der Waals surface area contributed by atoms with Crippen LogP contribution in [0.1, 0.15) is 11.1 Å². The number of hydrogen-bond acceptors (Lipinski definition) is 3. The van der Waals surface area contributed by atoms with E-state index in [1.54, 1.807) is 12.1 Å². The second-order valence-electron chi connectivity index (χ2n) is 4.50. The minimum Gasteiger partial charge on any atom is -0.455 e. The van der Waals surface area contributed by atoms with E-state index in [9.17, 15) is 13.2 Å². The summed E-state index contributed by atoms with van der Waals surface area (Å²) in [5, 5.41) is 0. The number of alkyl halides is 2. The molecule has 3 nitrogen and oxygen atoms in total. The lowest BCUT2D eigenvalue weighted by molar-refractivity contribution is -0.0522.